The molecule has 0 aliphatic carbocycles. The van der Waals surface area contributed by atoms with Crippen molar-refractivity contribution < 1.29 is 19.4 Å². The SMILES string of the molecule is CCOc1cc(C=Nn2c(C)nc3ccc(Br)cc3c2=O)c(Br)cc1OCC(=O)O. The van der Waals surface area contributed by atoms with E-state index in [0.29, 0.717) is 39.1 Å². The van der Waals surface area contributed by atoms with Gasteiger partial charge in [-0.3, -0.25) is 4.79 Å². The number of aryl methyl sites for hydroxylation is 1. The number of benzene rings is 2. The largest absolute Gasteiger partial charge is 0.490 e. The van der Waals surface area contributed by atoms with Crippen molar-refractivity contribution in [2.24, 2.45) is 5.10 Å². The number of carboxylic acids is 1. The average molecular weight is 539 g/mol. The van der Waals surface area contributed by atoms with Crippen LogP contribution in [0.5, 0.6) is 11.5 Å². The summed E-state index contributed by atoms with van der Waals surface area (Å²) in [5.41, 5.74) is 0.909. The van der Waals surface area contributed by atoms with E-state index < -0.39 is 12.6 Å². The maximum absolute atomic E-state index is 12.9. The number of ether oxygens (including phenoxy) is 2. The maximum atomic E-state index is 12.9. The van der Waals surface area contributed by atoms with Gasteiger partial charge < -0.3 is 14.6 Å². The summed E-state index contributed by atoms with van der Waals surface area (Å²) < 4.78 is 13.4. The first-order valence-corrected chi connectivity index (χ1v) is 10.4. The van der Waals surface area contributed by atoms with Gasteiger partial charge in [0.2, 0.25) is 0 Å². The molecule has 0 unspecified atom stereocenters. The summed E-state index contributed by atoms with van der Waals surface area (Å²) in [4.78, 5) is 28.1. The lowest BCUT2D eigenvalue weighted by Gasteiger charge is -2.13. The van der Waals surface area contributed by atoms with Crippen LogP contribution in [0.2, 0.25) is 0 Å². The van der Waals surface area contributed by atoms with E-state index in [4.69, 9.17) is 14.6 Å². The summed E-state index contributed by atoms with van der Waals surface area (Å²) >= 11 is 6.78. The van der Waals surface area contributed by atoms with Crippen molar-refractivity contribution in [2.75, 3.05) is 13.2 Å². The Kier molecular flexibility index (Phi) is 6.88. The molecule has 8 nitrogen and oxygen atoms in total. The Labute approximate surface area is 188 Å². The summed E-state index contributed by atoms with van der Waals surface area (Å²) in [6.45, 7) is 3.37. The molecular formula is C20H17Br2N3O5. The Morgan fingerprint density at radius 3 is 2.67 bits per heavy atom. The predicted molar refractivity (Wildman–Crippen MR) is 120 cm³/mol. The van der Waals surface area contributed by atoms with Gasteiger partial charge in [-0.15, -0.1) is 0 Å². The highest BCUT2D eigenvalue weighted by Gasteiger charge is 2.12. The molecule has 3 aromatic rings. The molecule has 0 atom stereocenters. The molecule has 0 amide bonds. The Morgan fingerprint density at radius 1 is 1.23 bits per heavy atom. The van der Waals surface area contributed by atoms with Crippen LogP contribution >= 0.6 is 31.9 Å². The van der Waals surface area contributed by atoms with Crippen LogP contribution in [0.15, 0.2) is 49.2 Å². The number of rotatable bonds is 7. The highest BCUT2D eigenvalue weighted by Crippen LogP contribution is 2.33. The molecule has 0 aliphatic rings. The van der Waals surface area contributed by atoms with Crippen LogP contribution in [-0.4, -0.2) is 40.2 Å². The Balaban J connectivity index is 2.02. The van der Waals surface area contributed by atoms with Crippen LogP contribution in [0.4, 0.5) is 0 Å². The van der Waals surface area contributed by atoms with E-state index in [-0.39, 0.29) is 11.3 Å². The molecule has 3 rings (SSSR count). The summed E-state index contributed by atoms with van der Waals surface area (Å²) in [7, 11) is 0. The standard InChI is InChI=1S/C20H17Br2N3O5/c1-3-29-17-6-12(15(22)8-18(17)30-10-19(26)27)9-23-25-11(2)24-16-5-4-13(21)7-14(16)20(25)28/h4-9H,3,10H2,1-2H3,(H,26,27). The first kappa shape index (κ1) is 22.0. The molecule has 10 heteroatoms. The van der Waals surface area contributed by atoms with Crippen LogP contribution in [0.3, 0.4) is 0 Å². The summed E-state index contributed by atoms with van der Waals surface area (Å²) in [5, 5.41) is 13.6. The number of carboxylic acid groups (broad SMARTS) is 1. The van der Waals surface area contributed by atoms with Crippen LogP contribution in [0, 0.1) is 6.92 Å². The van der Waals surface area contributed by atoms with Gasteiger partial charge in [-0.25, -0.2) is 9.78 Å². The molecule has 0 saturated carbocycles. The van der Waals surface area contributed by atoms with Crippen LogP contribution < -0.4 is 15.0 Å². The molecule has 0 saturated heterocycles. The van der Waals surface area contributed by atoms with E-state index in [2.05, 4.69) is 41.9 Å². The Morgan fingerprint density at radius 2 is 1.97 bits per heavy atom. The lowest BCUT2D eigenvalue weighted by Crippen LogP contribution is -2.20. The van der Waals surface area contributed by atoms with Gasteiger partial charge in [-0.05, 0) is 60.1 Å². The van der Waals surface area contributed by atoms with Crippen molar-refractivity contribution in [2.45, 2.75) is 13.8 Å². The second-order valence-corrected chi connectivity index (χ2v) is 7.89. The number of fused-ring (bicyclic) bond motifs is 1. The summed E-state index contributed by atoms with van der Waals surface area (Å²) in [6.07, 6.45) is 1.49. The summed E-state index contributed by atoms with van der Waals surface area (Å²) in [6, 6.07) is 8.54. The third-order valence-corrected chi connectivity index (χ3v) is 5.18. The third-order valence-electron chi connectivity index (χ3n) is 4.00. The highest BCUT2D eigenvalue weighted by molar-refractivity contribution is 9.10. The fourth-order valence-electron chi connectivity index (χ4n) is 2.69. The van der Waals surface area contributed by atoms with Crippen LogP contribution in [0.1, 0.15) is 18.3 Å². The molecule has 0 aliphatic heterocycles. The van der Waals surface area contributed by atoms with Crippen LogP contribution in [-0.2, 0) is 4.79 Å². The first-order chi connectivity index (χ1) is 14.3. The van der Waals surface area contributed by atoms with Crippen molar-refractivity contribution in [1.29, 1.82) is 0 Å². The van der Waals surface area contributed by atoms with Gasteiger partial charge in [0.25, 0.3) is 5.56 Å². The van der Waals surface area contributed by atoms with Gasteiger partial charge in [0, 0.05) is 14.5 Å². The molecule has 1 N–H and O–H groups in total. The molecule has 0 radical (unpaired) electrons. The minimum atomic E-state index is -1.09. The normalized spacial score (nSPS) is 11.2. The Bertz CT molecular complexity index is 1210. The lowest BCUT2D eigenvalue weighted by molar-refractivity contribution is -0.139. The number of nitrogens with zero attached hydrogens (tertiary/aromatic N) is 3. The van der Waals surface area contributed by atoms with Crippen LogP contribution in [0.25, 0.3) is 10.9 Å². The van der Waals surface area contributed by atoms with E-state index in [1.165, 1.54) is 10.9 Å². The molecule has 2 aromatic carbocycles. The number of aromatic nitrogens is 2. The zero-order chi connectivity index (χ0) is 21.8. The van der Waals surface area contributed by atoms with Gasteiger partial charge in [0.15, 0.2) is 18.1 Å². The van der Waals surface area contributed by atoms with Crippen molar-refractivity contribution in [3.63, 3.8) is 0 Å². The minimum absolute atomic E-state index is 0.286. The van der Waals surface area contributed by atoms with Gasteiger partial charge in [0.05, 0.1) is 23.7 Å². The van der Waals surface area contributed by atoms with Crippen molar-refractivity contribution in [1.82, 2.24) is 9.66 Å². The first-order valence-electron chi connectivity index (χ1n) is 8.84. The van der Waals surface area contributed by atoms with Crippen molar-refractivity contribution in [3.8, 4) is 11.5 Å². The second-order valence-electron chi connectivity index (χ2n) is 6.12. The molecule has 0 fully saturated rings. The van der Waals surface area contributed by atoms with Crippen molar-refractivity contribution >= 4 is 54.9 Å². The molecular weight excluding hydrogens is 522 g/mol. The summed E-state index contributed by atoms with van der Waals surface area (Å²) in [5.74, 6) is 0.0000184. The molecule has 0 spiro atoms. The topological polar surface area (TPSA) is 103 Å². The van der Waals surface area contributed by atoms with Gasteiger partial charge in [0.1, 0.15) is 5.82 Å². The molecule has 30 heavy (non-hydrogen) atoms. The smallest absolute Gasteiger partial charge is 0.341 e. The molecule has 156 valence electrons. The van der Waals surface area contributed by atoms with Crippen molar-refractivity contribution in [3.05, 3.63) is 61.0 Å². The fourth-order valence-corrected chi connectivity index (χ4v) is 3.47. The average Bonchev–Trinajstić information content (AvgIpc) is 2.69. The number of aliphatic carboxylic acids is 1. The zero-order valence-corrected chi connectivity index (χ0v) is 19.2. The second kappa shape index (κ2) is 9.40. The number of hydrogen-bond acceptors (Lipinski definition) is 6. The fraction of sp³-hybridized carbons (Fsp3) is 0.200. The van der Waals surface area contributed by atoms with E-state index in [0.717, 1.165) is 4.47 Å². The molecule has 0 bridgehead atoms. The van der Waals surface area contributed by atoms with E-state index in [1.807, 2.05) is 6.07 Å². The monoisotopic (exact) mass is 537 g/mol. The Hall–Kier alpha value is -2.72. The van der Waals surface area contributed by atoms with E-state index >= 15 is 0 Å². The molecule has 1 heterocycles. The third kappa shape index (κ3) is 4.88. The number of carbonyl (C=O) groups is 1. The zero-order valence-electron chi connectivity index (χ0n) is 16.1. The van der Waals surface area contributed by atoms with Gasteiger partial charge in [-0.1, -0.05) is 15.9 Å². The number of hydrogen-bond donors (Lipinski definition) is 1. The minimum Gasteiger partial charge on any atom is -0.490 e. The lowest BCUT2D eigenvalue weighted by atomic mass is 10.2. The predicted octanol–water partition coefficient (Wildman–Crippen LogP) is 3.97. The molecule has 1 aromatic heterocycles. The van der Waals surface area contributed by atoms with E-state index in [1.54, 1.807) is 38.1 Å². The van der Waals surface area contributed by atoms with E-state index in [9.17, 15) is 9.59 Å². The maximum Gasteiger partial charge on any atom is 0.341 e. The number of halogens is 2. The highest BCUT2D eigenvalue weighted by atomic mass is 79.9. The van der Waals surface area contributed by atoms with Gasteiger partial charge in [-0.2, -0.15) is 9.78 Å². The quantitative estimate of drug-likeness (QED) is 0.456. The van der Waals surface area contributed by atoms with Gasteiger partial charge >= 0.3 is 5.97 Å².